The Labute approximate surface area is 109 Å². The summed E-state index contributed by atoms with van der Waals surface area (Å²) in [6.07, 6.45) is 1.30. The van der Waals surface area contributed by atoms with E-state index in [-0.39, 0.29) is 12.3 Å². The largest absolute Gasteiger partial charge is 0.464 e. The van der Waals surface area contributed by atoms with E-state index in [2.05, 4.69) is 9.73 Å². The molecule has 0 spiro atoms. The van der Waals surface area contributed by atoms with E-state index in [1.165, 1.54) is 30.5 Å². The van der Waals surface area contributed by atoms with Crippen molar-refractivity contribution < 1.29 is 14.5 Å². The van der Waals surface area contributed by atoms with Crippen molar-refractivity contribution in [3.63, 3.8) is 0 Å². The molecule has 0 saturated heterocycles. The van der Waals surface area contributed by atoms with Crippen LogP contribution in [0.5, 0.6) is 0 Å². The molecule has 0 fully saturated rings. The molecule has 1 aromatic carbocycles. The molecule has 0 bridgehead atoms. The van der Waals surface area contributed by atoms with E-state index in [1.54, 1.807) is 13.0 Å². The molecule has 0 aliphatic carbocycles. The molecule has 98 valence electrons. The second-order valence-electron chi connectivity index (χ2n) is 3.41. The monoisotopic (exact) mass is 261 g/mol. The molecule has 0 aliphatic heterocycles. The highest BCUT2D eigenvalue weighted by molar-refractivity contribution is 5.85. The molecular formula is C12H11N3O4. The van der Waals surface area contributed by atoms with Gasteiger partial charge in [-0.3, -0.25) is 15.1 Å². The first-order valence-electron chi connectivity index (χ1n) is 5.42. The van der Waals surface area contributed by atoms with Crippen molar-refractivity contribution >= 4 is 17.9 Å². The number of benzene rings is 1. The Morgan fingerprint density at radius 1 is 1.58 bits per heavy atom. The van der Waals surface area contributed by atoms with Gasteiger partial charge in [-0.1, -0.05) is 0 Å². The van der Waals surface area contributed by atoms with Crippen LogP contribution in [0.4, 0.5) is 5.69 Å². The molecule has 0 N–H and O–H groups in total. The van der Waals surface area contributed by atoms with Crippen LogP contribution in [0.3, 0.4) is 0 Å². The van der Waals surface area contributed by atoms with E-state index in [0.29, 0.717) is 5.56 Å². The lowest BCUT2D eigenvalue weighted by Crippen LogP contribution is -2.19. The van der Waals surface area contributed by atoms with E-state index in [1.807, 2.05) is 0 Å². The van der Waals surface area contributed by atoms with Crippen LogP contribution in [0.1, 0.15) is 12.5 Å². The summed E-state index contributed by atoms with van der Waals surface area (Å²) in [6, 6.07) is 6.05. The third-order valence-corrected chi connectivity index (χ3v) is 2.11. The molecule has 0 amide bonds. The van der Waals surface area contributed by atoms with Gasteiger partial charge in [0.05, 0.1) is 11.5 Å². The van der Waals surface area contributed by atoms with Gasteiger partial charge >= 0.3 is 5.97 Å². The van der Waals surface area contributed by atoms with E-state index in [0.717, 1.165) is 0 Å². The smallest absolute Gasteiger partial charge is 0.345 e. The average molecular weight is 261 g/mol. The number of carbonyl (C=O) groups excluding carboxylic acids is 1. The Hall–Kier alpha value is -2.75. The summed E-state index contributed by atoms with van der Waals surface area (Å²) in [5.41, 5.74) is 0.509. The minimum Gasteiger partial charge on any atom is -0.464 e. The van der Waals surface area contributed by atoms with Gasteiger partial charge in [0.15, 0.2) is 0 Å². The number of non-ortho nitro benzene ring substituents is 1. The zero-order chi connectivity index (χ0) is 14.3. The van der Waals surface area contributed by atoms with Crippen LogP contribution in [0.15, 0.2) is 29.3 Å². The topological polar surface area (TPSA) is 106 Å². The van der Waals surface area contributed by atoms with Crippen LogP contribution < -0.4 is 0 Å². The summed E-state index contributed by atoms with van der Waals surface area (Å²) in [6.45, 7) is 1.80. The van der Waals surface area contributed by atoms with Gasteiger partial charge in [-0.2, -0.15) is 5.26 Å². The normalized spacial score (nSPS) is 11.8. The fourth-order valence-electron chi connectivity index (χ4n) is 1.21. The van der Waals surface area contributed by atoms with Gasteiger partial charge in [-0.15, -0.1) is 0 Å². The number of esters is 1. The summed E-state index contributed by atoms with van der Waals surface area (Å²) in [5.74, 6) is -0.719. The Morgan fingerprint density at radius 3 is 2.68 bits per heavy atom. The second-order valence-corrected chi connectivity index (χ2v) is 3.41. The van der Waals surface area contributed by atoms with Crippen LogP contribution in [0.2, 0.25) is 0 Å². The van der Waals surface area contributed by atoms with Gasteiger partial charge in [0, 0.05) is 18.3 Å². The predicted octanol–water partition coefficient (Wildman–Crippen LogP) is 1.47. The maximum absolute atomic E-state index is 11.3. The molecule has 1 rings (SSSR count). The van der Waals surface area contributed by atoms with Gasteiger partial charge in [-0.05, 0) is 24.6 Å². The minimum atomic E-state index is -1.23. The van der Waals surface area contributed by atoms with Crippen molar-refractivity contribution in [2.24, 2.45) is 4.99 Å². The van der Waals surface area contributed by atoms with E-state index in [4.69, 9.17) is 5.26 Å². The second kappa shape index (κ2) is 6.86. The van der Waals surface area contributed by atoms with E-state index in [9.17, 15) is 14.9 Å². The van der Waals surface area contributed by atoms with Gasteiger partial charge < -0.3 is 4.74 Å². The van der Waals surface area contributed by atoms with Gasteiger partial charge in [0.1, 0.15) is 6.07 Å². The summed E-state index contributed by atoms with van der Waals surface area (Å²) >= 11 is 0. The van der Waals surface area contributed by atoms with Crippen molar-refractivity contribution in [2.75, 3.05) is 6.61 Å². The number of nitrogens with zero attached hydrogens (tertiary/aromatic N) is 3. The van der Waals surface area contributed by atoms with Gasteiger partial charge in [-0.25, -0.2) is 4.79 Å². The third kappa shape index (κ3) is 4.20. The molecular weight excluding hydrogens is 250 g/mol. The number of ether oxygens (including phenoxy) is 1. The van der Waals surface area contributed by atoms with Crippen molar-refractivity contribution in [1.29, 1.82) is 5.26 Å². The Kier molecular flexibility index (Phi) is 5.17. The number of nitriles is 1. The van der Waals surface area contributed by atoms with Crippen LogP contribution >= 0.6 is 0 Å². The molecule has 1 unspecified atom stereocenters. The standard InChI is InChI=1S/C12H11N3O4/c1-2-19-12(16)11(7-13)14-8-9-3-5-10(6-4-9)15(17)18/h3-6,8,11H,2H2,1H3. The minimum absolute atomic E-state index is 0.0422. The number of nitro benzene ring substituents is 1. The quantitative estimate of drug-likeness (QED) is 0.345. The number of carbonyl (C=O) groups is 1. The highest BCUT2D eigenvalue weighted by Crippen LogP contribution is 2.10. The van der Waals surface area contributed by atoms with E-state index < -0.39 is 16.9 Å². The lowest BCUT2D eigenvalue weighted by Gasteiger charge is -2.02. The maximum atomic E-state index is 11.3. The lowest BCUT2D eigenvalue weighted by molar-refractivity contribution is -0.384. The highest BCUT2D eigenvalue weighted by atomic mass is 16.6. The number of rotatable bonds is 5. The molecule has 1 aromatic rings. The van der Waals surface area contributed by atoms with Crippen LogP contribution in [-0.4, -0.2) is 29.8 Å². The van der Waals surface area contributed by atoms with Crippen LogP contribution in [0.25, 0.3) is 0 Å². The Morgan fingerprint density at radius 2 is 2.21 bits per heavy atom. The molecule has 0 aliphatic rings. The summed E-state index contributed by atoms with van der Waals surface area (Å²) in [4.78, 5) is 25.0. The van der Waals surface area contributed by atoms with Crippen molar-refractivity contribution in [2.45, 2.75) is 13.0 Å². The first-order valence-corrected chi connectivity index (χ1v) is 5.42. The van der Waals surface area contributed by atoms with Crippen LogP contribution in [-0.2, 0) is 9.53 Å². The van der Waals surface area contributed by atoms with Crippen molar-refractivity contribution in [1.82, 2.24) is 0 Å². The summed E-state index contributed by atoms with van der Waals surface area (Å²) in [7, 11) is 0. The number of hydrogen-bond donors (Lipinski definition) is 0. The first kappa shape index (κ1) is 14.3. The molecule has 19 heavy (non-hydrogen) atoms. The number of nitro groups is 1. The molecule has 1 atom stereocenters. The zero-order valence-corrected chi connectivity index (χ0v) is 10.1. The van der Waals surface area contributed by atoms with Gasteiger partial charge in [0.25, 0.3) is 5.69 Å². The average Bonchev–Trinajstić information content (AvgIpc) is 2.40. The molecule has 7 heteroatoms. The lowest BCUT2D eigenvalue weighted by atomic mass is 10.2. The Balaban J connectivity index is 2.77. The van der Waals surface area contributed by atoms with Crippen LogP contribution in [0, 0.1) is 21.4 Å². The number of hydrogen-bond acceptors (Lipinski definition) is 6. The highest BCUT2D eigenvalue weighted by Gasteiger charge is 2.16. The third-order valence-electron chi connectivity index (χ3n) is 2.11. The van der Waals surface area contributed by atoms with Crippen molar-refractivity contribution in [3.8, 4) is 6.07 Å². The van der Waals surface area contributed by atoms with E-state index >= 15 is 0 Å². The summed E-state index contributed by atoms with van der Waals surface area (Å²) in [5, 5.41) is 19.2. The molecule has 0 saturated carbocycles. The molecule has 0 radical (unpaired) electrons. The van der Waals surface area contributed by atoms with Gasteiger partial charge in [0.2, 0.25) is 6.04 Å². The summed E-state index contributed by atoms with van der Waals surface area (Å²) < 4.78 is 4.67. The van der Waals surface area contributed by atoms with Crippen molar-refractivity contribution in [3.05, 3.63) is 39.9 Å². The molecule has 7 nitrogen and oxygen atoms in total. The SMILES string of the molecule is CCOC(=O)C(C#N)N=Cc1ccc([N+](=O)[O-])cc1. The fourth-order valence-corrected chi connectivity index (χ4v) is 1.21. The predicted molar refractivity (Wildman–Crippen MR) is 66.7 cm³/mol. The fraction of sp³-hybridized carbons (Fsp3) is 0.250. The molecule has 0 heterocycles. The zero-order valence-electron chi connectivity index (χ0n) is 10.1. The maximum Gasteiger partial charge on any atom is 0.345 e. The molecule has 0 aromatic heterocycles. The first-order chi connectivity index (χ1) is 9.08. The number of aliphatic imine (C=N–C) groups is 1. The Bertz CT molecular complexity index is 531.